The molecule has 0 aliphatic carbocycles. The Labute approximate surface area is 249 Å². The molecule has 0 atom stereocenters. The van der Waals surface area contributed by atoms with Crippen LogP contribution in [-0.2, 0) is 0 Å². The minimum absolute atomic E-state index is 0.255. The molecular formula is C36H23IO4. The summed E-state index contributed by atoms with van der Waals surface area (Å²) < 4.78 is 12.9. The van der Waals surface area contributed by atoms with E-state index in [0.29, 0.717) is 0 Å². The maximum atomic E-state index is 9.93. The molecule has 2 aromatic heterocycles. The zero-order valence-electron chi connectivity index (χ0n) is 21.7. The molecule has 0 saturated carbocycles. The first-order valence-electron chi connectivity index (χ1n) is 13.2. The maximum absolute atomic E-state index is 9.93. The zero-order chi connectivity index (χ0) is 27.9. The molecule has 0 bridgehead atoms. The Morgan fingerprint density at radius 1 is 0.488 bits per heavy atom. The standard InChI is InChI=1S/C18H11IO2.C18H12O2/c19-17-14(20)9-10-15-16(17)13-8-4-7-12(18(13)21-15)11-5-2-1-3-6-11;19-13-9-10-17-16(11-13)15-8-4-7-14(18(15)20-17)12-5-2-1-3-6-12/h1-10,20H;1-11,19H. The van der Waals surface area contributed by atoms with E-state index in [-0.39, 0.29) is 11.5 Å². The van der Waals surface area contributed by atoms with Crippen molar-refractivity contribution in [2.24, 2.45) is 0 Å². The van der Waals surface area contributed by atoms with E-state index in [4.69, 9.17) is 8.83 Å². The molecule has 41 heavy (non-hydrogen) atoms. The van der Waals surface area contributed by atoms with Crippen LogP contribution in [0.1, 0.15) is 0 Å². The van der Waals surface area contributed by atoms with Crippen LogP contribution in [-0.4, -0.2) is 10.2 Å². The van der Waals surface area contributed by atoms with Crippen molar-refractivity contribution >= 4 is 66.5 Å². The lowest BCUT2D eigenvalue weighted by Crippen LogP contribution is -1.78. The molecule has 0 fully saturated rings. The number of phenolic OH excluding ortho intramolecular Hbond substituents is 2. The van der Waals surface area contributed by atoms with Crippen LogP contribution in [0.2, 0.25) is 0 Å². The number of para-hydroxylation sites is 2. The molecule has 8 rings (SSSR count). The van der Waals surface area contributed by atoms with E-state index in [9.17, 15) is 10.2 Å². The van der Waals surface area contributed by atoms with Crippen molar-refractivity contribution in [3.05, 3.63) is 131 Å². The van der Waals surface area contributed by atoms with Crippen molar-refractivity contribution in [3.63, 3.8) is 0 Å². The molecular weight excluding hydrogens is 623 g/mol. The van der Waals surface area contributed by atoms with Crippen LogP contribution in [0.25, 0.3) is 66.1 Å². The summed E-state index contributed by atoms with van der Waals surface area (Å²) >= 11 is 2.16. The van der Waals surface area contributed by atoms with Gasteiger partial charge in [0.2, 0.25) is 0 Å². The Hall–Kier alpha value is -4.75. The summed E-state index contributed by atoms with van der Waals surface area (Å²) in [5.74, 6) is 0.543. The molecule has 198 valence electrons. The van der Waals surface area contributed by atoms with Gasteiger partial charge < -0.3 is 19.0 Å². The molecule has 5 heteroatoms. The SMILES string of the molecule is Oc1ccc2oc3c(-c4ccccc4)cccc3c2c1.Oc1ccc2oc3c(-c4ccccc4)cccc3c2c1I. The molecule has 0 aliphatic heterocycles. The van der Waals surface area contributed by atoms with Gasteiger partial charge >= 0.3 is 0 Å². The second kappa shape index (κ2) is 10.3. The summed E-state index contributed by atoms with van der Waals surface area (Å²) in [6, 6.07) is 41.3. The van der Waals surface area contributed by atoms with Gasteiger partial charge in [0.25, 0.3) is 0 Å². The zero-order valence-corrected chi connectivity index (χ0v) is 23.9. The van der Waals surface area contributed by atoms with Crippen molar-refractivity contribution in [3.8, 4) is 33.8 Å². The number of phenols is 2. The lowest BCUT2D eigenvalue weighted by molar-refractivity contribution is 0.472. The highest BCUT2D eigenvalue weighted by Crippen LogP contribution is 2.40. The normalized spacial score (nSPS) is 11.2. The van der Waals surface area contributed by atoms with Crippen LogP contribution in [0.5, 0.6) is 11.5 Å². The van der Waals surface area contributed by atoms with Gasteiger partial charge in [-0.05, 0) is 64.0 Å². The number of furan rings is 2. The third-order valence-electron chi connectivity index (χ3n) is 7.23. The second-order valence-corrected chi connectivity index (χ2v) is 10.8. The molecule has 2 heterocycles. The highest BCUT2D eigenvalue weighted by atomic mass is 127. The summed E-state index contributed by atoms with van der Waals surface area (Å²) in [5.41, 5.74) is 7.71. The number of rotatable bonds is 2. The molecule has 0 unspecified atom stereocenters. The minimum atomic E-state index is 0.255. The van der Waals surface area contributed by atoms with Gasteiger partial charge in [0, 0.05) is 32.7 Å². The van der Waals surface area contributed by atoms with Crippen molar-refractivity contribution in [2.75, 3.05) is 0 Å². The summed E-state index contributed by atoms with van der Waals surface area (Å²) in [4.78, 5) is 0. The second-order valence-electron chi connectivity index (χ2n) is 9.75. The van der Waals surface area contributed by atoms with Gasteiger partial charge in [0.1, 0.15) is 33.8 Å². The fourth-order valence-corrected chi connectivity index (χ4v) is 6.05. The minimum Gasteiger partial charge on any atom is -0.508 e. The van der Waals surface area contributed by atoms with Gasteiger partial charge in [-0.15, -0.1) is 0 Å². The van der Waals surface area contributed by atoms with Gasteiger partial charge in [0.05, 0.1) is 3.57 Å². The first-order valence-corrected chi connectivity index (χ1v) is 14.2. The fourth-order valence-electron chi connectivity index (χ4n) is 5.31. The van der Waals surface area contributed by atoms with E-state index >= 15 is 0 Å². The molecule has 0 amide bonds. The Morgan fingerprint density at radius 2 is 1.05 bits per heavy atom. The first-order chi connectivity index (χ1) is 20.1. The van der Waals surface area contributed by atoms with E-state index in [1.807, 2.05) is 66.7 Å². The summed E-state index contributed by atoms with van der Waals surface area (Å²) in [7, 11) is 0. The molecule has 0 aliphatic rings. The molecule has 0 saturated heterocycles. The van der Waals surface area contributed by atoms with Gasteiger partial charge in [-0.3, -0.25) is 0 Å². The molecule has 0 radical (unpaired) electrons. The third-order valence-corrected chi connectivity index (χ3v) is 8.32. The smallest absolute Gasteiger partial charge is 0.143 e. The number of halogens is 1. The third kappa shape index (κ3) is 4.48. The highest BCUT2D eigenvalue weighted by Gasteiger charge is 2.16. The summed E-state index contributed by atoms with van der Waals surface area (Å²) in [5, 5.41) is 23.6. The molecule has 6 aromatic carbocycles. The van der Waals surface area contributed by atoms with Gasteiger partial charge in [-0.25, -0.2) is 0 Å². The molecule has 2 N–H and O–H groups in total. The quantitative estimate of drug-likeness (QED) is 0.184. The van der Waals surface area contributed by atoms with Gasteiger partial charge in [0.15, 0.2) is 0 Å². The molecule has 4 nitrogen and oxygen atoms in total. The Morgan fingerprint density at radius 3 is 1.71 bits per heavy atom. The first kappa shape index (κ1) is 25.2. The largest absolute Gasteiger partial charge is 0.508 e. The summed E-state index contributed by atoms with van der Waals surface area (Å²) in [6.07, 6.45) is 0. The van der Waals surface area contributed by atoms with Crippen LogP contribution in [0.15, 0.2) is 136 Å². The van der Waals surface area contributed by atoms with Crippen molar-refractivity contribution < 1.29 is 19.0 Å². The molecule has 0 spiro atoms. The van der Waals surface area contributed by atoms with E-state index in [1.54, 1.807) is 24.3 Å². The van der Waals surface area contributed by atoms with Crippen molar-refractivity contribution in [1.29, 1.82) is 0 Å². The van der Waals surface area contributed by atoms with Crippen LogP contribution in [0.4, 0.5) is 0 Å². The van der Waals surface area contributed by atoms with Crippen LogP contribution in [0.3, 0.4) is 0 Å². The number of aromatic hydroxyl groups is 2. The Balaban J connectivity index is 0.000000135. The lowest BCUT2D eigenvalue weighted by Gasteiger charge is -2.02. The predicted molar refractivity (Wildman–Crippen MR) is 174 cm³/mol. The average molecular weight is 646 g/mol. The monoisotopic (exact) mass is 646 g/mol. The van der Waals surface area contributed by atoms with E-state index in [0.717, 1.165) is 69.7 Å². The molecule has 8 aromatic rings. The Bertz CT molecular complexity index is 2180. The van der Waals surface area contributed by atoms with E-state index in [1.165, 1.54) is 0 Å². The maximum Gasteiger partial charge on any atom is 0.143 e. The summed E-state index contributed by atoms with van der Waals surface area (Å²) in [6.45, 7) is 0. The van der Waals surface area contributed by atoms with Gasteiger partial charge in [-0.1, -0.05) is 97.1 Å². The number of fused-ring (bicyclic) bond motifs is 6. The lowest BCUT2D eigenvalue weighted by atomic mass is 10.0. The van der Waals surface area contributed by atoms with Crippen molar-refractivity contribution in [1.82, 2.24) is 0 Å². The van der Waals surface area contributed by atoms with Gasteiger partial charge in [-0.2, -0.15) is 0 Å². The van der Waals surface area contributed by atoms with Crippen LogP contribution >= 0.6 is 22.6 Å². The van der Waals surface area contributed by atoms with E-state index in [2.05, 4.69) is 59.0 Å². The van der Waals surface area contributed by atoms with E-state index < -0.39 is 0 Å². The predicted octanol–water partition coefficient (Wildman–Crippen LogP) is 10.5. The fraction of sp³-hybridized carbons (Fsp3) is 0. The average Bonchev–Trinajstić information content (AvgIpc) is 3.59. The number of benzene rings is 6. The Kier molecular flexibility index (Phi) is 6.36. The number of hydrogen-bond donors (Lipinski definition) is 2. The highest BCUT2D eigenvalue weighted by molar-refractivity contribution is 14.1. The topological polar surface area (TPSA) is 66.7 Å². The van der Waals surface area contributed by atoms with Crippen molar-refractivity contribution in [2.45, 2.75) is 0 Å². The number of hydrogen-bond acceptors (Lipinski definition) is 4. The van der Waals surface area contributed by atoms with Crippen LogP contribution in [0, 0.1) is 3.57 Å². The van der Waals surface area contributed by atoms with Crippen LogP contribution < -0.4 is 0 Å².